The van der Waals surface area contributed by atoms with Crippen LogP contribution in [0.5, 0.6) is 0 Å². The normalized spacial score (nSPS) is 12.2. The second-order valence-electron chi connectivity index (χ2n) is 4.20. The van der Waals surface area contributed by atoms with Crippen LogP contribution in [0.2, 0.25) is 5.02 Å². The average molecular weight is 302 g/mol. The molecule has 1 aromatic rings. The molecule has 0 heterocycles. The molecule has 0 saturated heterocycles. The van der Waals surface area contributed by atoms with Crippen LogP contribution in [0, 0.1) is 0 Å². The molecule has 5 nitrogen and oxygen atoms in total. The van der Waals surface area contributed by atoms with E-state index in [1.54, 1.807) is 13.0 Å². The van der Waals surface area contributed by atoms with Crippen LogP contribution in [0.15, 0.2) is 24.3 Å². The zero-order valence-corrected chi connectivity index (χ0v) is 12.2. The zero-order chi connectivity index (χ0) is 14.8. The highest BCUT2D eigenvalue weighted by Gasteiger charge is 2.07. The lowest BCUT2D eigenvalue weighted by Gasteiger charge is -2.12. The maximum atomic E-state index is 11.0. The van der Waals surface area contributed by atoms with Gasteiger partial charge >= 0.3 is 5.97 Å². The smallest absolute Gasteiger partial charge is 0.319 e. The summed E-state index contributed by atoms with van der Waals surface area (Å²) in [7, 11) is 0. The third kappa shape index (κ3) is 6.86. The Morgan fingerprint density at radius 3 is 2.90 bits per heavy atom. The molecule has 1 unspecified atom stereocenters. The summed E-state index contributed by atoms with van der Waals surface area (Å²) in [5.74, 6) is -0.336. The van der Waals surface area contributed by atoms with Gasteiger partial charge in [0.1, 0.15) is 0 Å². The Hall–Kier alpha value is -1.14. The molecule has 0 aliphatic carbocycles. The number of hydrogen-bond acceptors (Lipinski definition) is 5. The van der Waals surface area contributed by atoms with Crippen molar-refractivity contribution in [2.24, 2.45) is 0 Å². The van der Waals surface area contributed by atoms with E-state index in [1.165, 1.54) is 0 Å². The molecule has 0 fully saturated rings. The summed E-state index contributed by atoms with van der Waals surface area (Å²) >= 11 is 5.98. The van der Waals surface area contributed by atoms with Crippen molar-refractivity contribution in [3.63, 3.8) is 0 Å². The number of halogens is 1. The molecule has 6 heteroatoms. The van der Waals surface area contributed by atoms with E-state index >= 15 is 0 Å². The molecule has 0 bridgehead atoms. The second-order valence-corrected chi connectivity index (χ2v) is 4.60. The Labute approximate surface area is 123 Å². The van der Waals surface area contributed by atoms with Crippen molar-refractivity contribution in [1.82, 2.24) is 5.32 Å². The number of carbonyl (C=O) groups is 1. The molecule has 0 radical (unpaired) electrons. The first-order valence-electron chi connectivity index (χ1n) is 6.49. The topological polar surface area (TPSA) is 67.8 Å². The minimum atomic E-state index is -0.688. The van der Waals surface area contributed by atoms with Gasteiger partial charge in [-0.1, -0.05) is 29.8 Å². The van der Waals surface area contributed by atoms with E-state index in [9.17, 15) is 9.90 Å². The van der Waals surface area contributed by atoms with Crippen LogP contribution >= 0.6 is 11.6 Å². The van der Waals surface area contributed by atoms with Gasteiger partial charge in [0.15, 0.2) is 0 Å². The molecule has 1 rings (SSSR count). The van der Waals surface area contributed by atoms with E-state index in [0.717, 1.165) is 5.56 Å². The number of rotatable bonds is 9. The van der Waals surface area contributed by atoms with Crippen molar-refractivity contribution in [2.45, 2.75) is 19.6 Å². The third-order valence-electron chi connectivity index (χ3n) is 2.48. The fourth-order valence-corrected chi connectivity index (χ4v) is 1.72. The largest absolute Gasteiger partial charge is 0.465 e. The quantitative estimate of drug-likeness (QED) is 0.674. The van der Waals surface area contributed by atoms with E-state index in [-0.39, 0.29) is 25.7 Å². The number of carbonyl (C=O) groups excluding carboxylic acids is 1. The zero-order valence-electron chi connectivity index (χ0n) is 11.5. The first kappa shape index (κ1) is 16.9. The third-order valence-corrected chi connectivity index (χ3v) is 2.85. The molecule has 1 aromatic carbocycles. The van der Waals surface area contributed by atoms with Crippen molar-refractivity contribution >= 4 is 17.6 Å². The second kappa shape index (κ2) is 9.72. The predicted octanol–water partition coefficient (Wildman–Crippen LogP) is 1.37. The lowest BCUT2D eigenvalue weighted by molar-refractivity contribution is -0.142. The maximum Gasteiger partial charge on any atom is 0.319 e. The Bertz CT molecular complexity index is 414. The van der Waals surface area contributed by atoms with Gasteiger partial charge in [0.2, 0.25) is 0 Å². The Morgan fingerprint density at radius 2 is 2.20 bits per heavy atom. The van der Waals surface area contributed by atoms with Crippen molar-refractivity contribution in [2.75, 3.05) is 26.3 Å². The minimum Gasteiger partial charge on any atom is -0.465 e. The predicted molar refractivity (Wildman–Crippen MR) is 76.6 cm³/mol. The van der Waals surface area contributed by atoms with E-state index < -0.39 is 6.10 Å². The van der Waals surface area contributed by atoms with Gasteiger partial charge in [-0.2, -0.15) is 0 Å². The maximum absolute atomic E-state index is 11.0. The van der Waals surface area contributed by atoms with Crippen molar-refractivity contribution in [3.8, 4) is 0 Å². The molecule has 112 valence electrons. The van der Waals surface area contributed by atoms with Gasteiger partial charge in [-0.3, -0.25) is 4.79 Å². The molecular formula is C14H20ClNO4. The summed E-state index contributed by atoms with van der Waals surface area (Å²) in [4.78, 5) is 11.0. The van der Waals surface area contributed by atoms with Gasteiger partial charge in [-0.15, -0.1) is 0 Å². The lowest BCUT2D eigenvalue weighted by Crippen LogP contribution is -2.34. The number of benzene rings is 1. The van der Waals surface area contributed by atoms with Crippen molar-refractivity contribution in [3.05, 3.63) is 34.9 Å². The Balaban J connectivity index is 2.13. The molecule has 0 aliphatic rings. The van der Waals surface area contributed by atoms with E-state index in [1.807, 2.05) is 18.2 Å². The van der Waals surface area contributed by atoms with E-state index in [4.69, 9.17) is 21.1 Å². The molecule has 2 N–H and O–H groups in total. The number of hydrogen-bond donors (Lipinski definition) is 2. The molecule has 0 spiro atoms. The van der Waals surface area contributed by atoms with E-state index in [0.29, 0.717) is 18.2 Å². The average Bonchev–Trinajstić information content (AvgIpc) is 2.41. The SMILES string of the molecule is CCOC(=O)CNCC(O)COCc1ccccc1Cl. The summed E-state index contributed by atoms with van der Waals surface area (Å²) in [6, 6.07) is 7.38. The number of ether oxygens (including phenoxy) is 2. The van der Waals surface area contributed by atoms with Gasteiger partial charge in [-0.05, 0) is 18.6 Å². The van der Waals surface area contributed by atoms with Crippen molar-refractivity contribution in [1.29, 1.82) is 0 Å². The number of nitrogens with one attached hydrogen (secondary N) is 1. The first-order valence-corrected chi connectivity index (χ1v) is 6.86. The summed E-state index contributed by atoms with van der Waals surface area (Å²) < 4.78 is 10.1. The summed E-state index contributed by atoms with van der Waals surface area (Å²) in [5, 5.41) is 13.1. The van der Waals surface area contributed by atoms with E-state index in [2.05, 4.69) is 5.32 Å². The summed E-state index contributed by atoms with van der Waals surface area (Å²) in [6.07, 6.45) is -0.688. The Kier molecular flexibility index (Phi) is 8.22. The van der Waals surface area contributed by atoms with Gasteiger partial charge in [0.25, 0.3) is 0 Å². The fourth-order valence-electron chi connectivity index (χ4n) is 1.53. The highest BCUT2D eigenvalue weighted by atomic mass is 35.5. The molecule has 0 aliphatic heterocycles. The monoisotopic (exact) mass is 301 g/mol. The Morgan fingerprint density at radius 1 is 1.45 bits per heavy atom. The molecule has 0 aromatic heterocycles. The first-order chi connectivity index (χ1) is 9.63. The number of aliphatic hydroxyl groups excluding tert-OH is 1. The van der Waals surface area contributed by atoms with Crippen LogP contribution < -0.4 is 5.32 Å². The van der Waals surface area contributed by atoms with Crippen LogP contribution in [0.1, 0.15) is 12.5 Å². The molecule has 20 heavy (non-hydrogen) atoms. The van der Waals surface area contributed by atoms with Crippen LogP contribution in [-0.4, -0.2) is 43.5 Å². The number of aliphatic hydroxyl groups is 1. The minimum absolute atomic E-state index is 0.0788. The summed E-state index contributed by atoms with van der Waals surface area (Å²) in [6.45, 7) is 2.95. The van der Waals surface area contributed by atoms with Crippen LogP contribution in [0.25, 0.3) is 0 Å². The van der Waals surface area contributed by atoms with Gasteiger partial charge in [-0.25, -0.2) is 0 Å². The standard InChI is InChI=1S/C14H20ClNO4/c1-2-20-14(18)8-16-7-12(17)10-19-9-11-5-3-4-6-13(11)15/h3-6,12,16-17H,2,7-10H2,1H3. The van der Waals surface area contributed by atoms with Crippen LogP contribution in [0.3, 0.4) is 0 Å². The van der Waals surface area contributed by atoms with Gasteiger partial charge in [0.05, 0.1) is 32.5 Å². The van der Waals surface area contributed by atoms with Crippen molar-refractivity contribution < 1.29 is 19.4 Å². The van der Waals surface area contributed by atoms with Crippen LogP contribution in [0.4, 0.5) is 0 Å². The summed E-state index contributed by atoms with van der Waals surface area (Å²) in [5.41, 5.74) is 0.876. The highest BCUT2D eigenvalue weighted by Crippen LogP contribution is 2.15. The van der Waals surface area contributed by atoms with Gasteiger partial charge < -0.3 is 19.9 Å². The van der Waals surface area contributed by atoms with Crippen LogP contribution in [-0.2, 0) is 20.9 Å². The lowest BCUT2D eigenvalue weighted by atomic mass is 10.2. The fraction of sp³-hybridized carbons (Fsp3) is 0.500. The molecule has 0 amide bonds. The number of esters is 1. The molecule has 0 saturated carbocycles. The molecule has 1 atom stereocenters. The molecular weight excluding hydrogens is 282 g/mol. The highest BCUT2D eigenvalue weighted by molar-refractivity contribution is 6.31. The van der Waals surface area contributed by atoms with Gasteiger partial charge in [0, 0.05) is 11.6 Å².